The molecule has 0 atom stereocenters. The molecule has 24 heavy (non-hydrogen) atoms. The minimum atomic E-state index is -0.465. The predicted octanol–water partition coefficient (Wildman–Crippen LogP) is 0.708. The van der Waals surface area contributed by atoms with Crippen LogP contribution in [0.5, 0.6) is 11.5 Å². The Balaban J connectivity index is 1.87. The summed E-state index contributed by atoms with van der Waals surface area (Å²) in [5, 5.41) is 0. The fraction of sp³-hybridized carbons (Fsp3) is 0.471. The molecule has 132 valence electrons. The average Bonchev–Trinajstić information content (AvgIpc) is 2.59. The topological polar surface area (TPSA) is 106 Å². The number of hydrogen-bond donors (Lipinski definition) is 2. The van der Waals surface area contributed by atoms with Gasteiger partial charge >= 0.3 is 0 Å². The van der Waals surface area contributed by atoms with Crippen molar-refractivity contribution >= 4 is 12.0 Å². The monoisotopic (exact) mass is 336 g/mol. The molecule has 0 unspecified atom stereocenters. The highest BCUT2D eigenvalue weighted by molar-refractivity contribution is 5.96. The van der Waals surface area contributed by atoms with Crippen LogP contribution >= 0.6 is 0 Å². The number of amides is 1. The van der Waals surface area contributed by atoms with Crippen molar-refractivity contribution in [3.05, 3.63) is 29.3 Å². The van der Waals surface area contributed by atoms with E-state index >= 15 is 0 Å². The van der Waals surface area contributed by atoms with Gasteiger partial charge in [0.2, 0.25) is 5.91 Å². The van der Waals surface area contributed by atoms with Crippen LogP contribution < -0.4 is 20.9 Å². The average molecular weight is 336 g/mol. The maximum atomic E-state index is 11.6. The van der Waals surface area contributed by atoms with E-state index in [0.717, 1.165) is 5.56 Å². The van der Waals surface area contributed by atoms with Gasteiger partial charge in [-0.25, -0.2) is 0 Å². The molecule has 7 nitrogen and oxygen atoms in total. The molecule has 0 radical (unpaired) electrons. The summed E-state index contributed by atoms with van der Waals surface area (Å²) < 4.78 is 21.6. The lowest BCUT2D eigenvalue weighted by atomic mass is 10.1. The molecule has 1 aromatic rings. The Labute approximate surface area is 141 Å². The van der Waals surface area contributed by atoms with Crippen LogP contribution in [-0.2, 0) is 14.3 Å². The smallest absolute Gasteiger partial charge is 0.244 e. The number of benzene rings is 1. The minimum Gasteiger partial charge on any atom is -0.486 e. The second-order valence-electron chi connectivity index (χ2n) is 5.20. The second kappa shape index (κ2) is 9.92. The quantitative estimate of drug-likeness (QED) is 0.481. The summed E-state index contributed by atoms with van der Waals surface area (Å²) in [6, 6.07) is 5.52. The Hall–Kier alpha value is -2.09. The first kappa shape index (κ1) is 18.3. The zero-order valence-electron chi connectivity index (χ0n) is 13.7. The van der Waals surface area contributed by atoms with Gasteiger partial charge in [0.1, 0.15) is 13.2 Å². The minimum absolute atomic E-state index is 0.394. The SMILES string of the molecule is NCCOCCOCC/C(=C\c1ccc2c(c1)OCCO2)C(N)=O. The van der Waals surface area contributed by atoms with Crippen molar-refractivity contribution in [1.29, 1.82) is 0 Å². The third-order valence-corrected chi connectivity index (χ3v) is 3.37. The van der Waals surface area contributed by atoms with Crippen LogP contribution in [0.2, 0.25) is 0 Å². The molecule has 0 bridgehead atoms. The van der Waals surface area contributed by atoms with E-state index in [0.29, 0.717) is 69.7 Å². The predicted molar refractivity (Wildman–Crippen MR) is 89.9 cm³/mol. The Morgan fingerprint density at radius 1 is 1.08 bits per heavy atom. The van der Waals surface area contributed by atoms with Crippen molar-refractivity contribution in [3.8, 4) is 11.5 Å². The zero-order valence-corrected chi connectivity index (χ0v) is 13.7. The van der Waals surface area contributed by atoms with Crippen molar-refractivity contribution in [2.45, 2.75) is 6.42 Å². The first-order valence-electron chi connectivity index (χ1n) is 7.96. The summed E-state index contributed by atoms with van der Waals surface area (Å²) in [6.45, 7) is 3.39. The Kier molecular flexibility index (Phi) is 7.54. The Bertz CT molecular complexity index is 574. The first-order valence-corrected chi connectivity index (χ1v) is 7.96. The van der Waals surface area contributed by atoms with Crippen molar-refractivity contribution in [2.24, 2.45) is 11.5 Å². The van der Waals surface area contributed by atoms with Crippen LogP contribution in [0.15, 0.2) is 23.8 Å². The molecule has 1 aliphatic rings. The lowest BCUT2D eigenvalue weighted by molar-refractivity contribution is -0.114. The maximum Gasteiger partial charge on any atom is 0.244 e. The summed E-state index contributed by atoms with van der Waals surface area (Å²) >= 11 is 0. The molecule has 1 amide bonds. The van der Waals surface area contributed by atoms with Crippen LogP contribution in [-0.4, -0.2) is 52.1 Å². The van der Waals surface area contributed by atoms with Crippen LogP contribution in [0.3, 0.4) is 0 Å². The fourth-order valence-electron chi connectivity index (χ4n) is 2.20. The molecular weight excluding hydrogens is 312 g/mol. The van der Waals surface area contributed by atoms with Gasteiger partial charge in [-0.05, 0) is 23.8 Å². The Morgan fingerprint density at radius 2 is 1.79 bits per heavy atom. The summed E-state index contributed by atoms with van der Waals surface area (Å²) in [5.74, 6) is 0.917. The summed E-state index contributed by atoms with van der Waals surface area (Å²) in [7, 11) is 0. The number of hydrogen-bond acceptors (Lipinski definition) is 6. The van der Waals surface area contributed by atoms with Gasteiger partial charge in [-0.1, -0.05) is 6.07 Å². The largest absolute Gasteiger partial charge is 0.486 e. The van der Waals surface area contributed by atoms with Crippen molar-refractivity contribution in [2.75, 3.05) is 46.2 Å². The van der Waals surface area contributed by atoms with Gasteiger partial charge in [0.25, 0.3) is 0 Å². The lowest BCUT2D eigenvalue weighted by Gasteiger charge is -2.18. The van der Waals surface area contributed by atoms with E-state index in [1.54, 1.807) is 6.08 Å². The fourth-order valence-corrected chi connectivity index (χ4v) is 2.20. The molecule has 0 spiro atoms. The van der Waals surface area contributed by atoms with E-state index in [1.807, 2.05) is 18.2 Å². The molecule has 0 aliphatic carbocycles. The van der Waals surface area contributed by atoms with E-state index in [9.17, 15) is 4.79 Å². The van der Waals surface area contributed by atoms with Gasteiger partial charge in [-0.15, -0.1) is 0 Å². The summed E-state index contributed by atoms with van der Waals surface area (Å²) in [5.41, 5.74) is 12.1. The summed E-state index contributed by atoms with van der Waals surface area (Å²) in [6.07, 6.45) is 2.18. The zero-order chi connectivity index (χ0) is 17.2. The van der Waals surface area contributed by atoms with E-state index in [1.165, 1.54) is 0 Å². The van der Waals surface area contributed by atoms with Gasteiger partial charge < -0.3 is 30.4 Å². The molecule has 2 rings (SSSR count). The van der Waals surface area contributed by atoms with E-state index < -0.39 is 5.91 Å². The van der Waals surface area contributed by atoms with E-state index in [-0.39, 0.29) is 0 Å². The van der Waals surface area contributed by atoms with Crippen LogP contribution in [0.4, 0.5) is 0 Å². The van der Waals surface area contributed by atoms with Gasteiger partial charge in [0.05, 0.1) is 26.4 Å². The molecule has 1 aliphatic heterocycles. The first-order chi connectivity index (χ1) is 11.7. The van der Waals surface area contributed by atoms with Crippen LogP contribution in [0.25, 0.3) is 6.08 Å². The standard InChI is InChI=1S/C17H24N2O5/c18-4-6-22-8-7-21-5-3-14(17(19)20)11-13-1-2-15-16(12-13)24-10-9-23-15/h1-2,11-12H,3-10,18H2,(H2,19,20)/b14-11+. The van der Waals surface area contributed by atoms with Crippen molar-refractivity contribution in [1.82, 2.24) is 0 Å². The van der Waals surface area contributed by atoms with Gasteiger partial charge in [-0.3, -0.25) is 4.79 Å². The molecule has 0 saturated heterocycles. The van der Waals surface area contributed by atoms with E-state index in [2.05, 4.69) is 0 Å². The highest BCUT2D eigenvalue weighted by Crippen LogP contribution is 2.31. The third-order valence-electron chi connectivity index (χ3n) is 3.37. The normalized spacial score (nSPS) is 13.8. The van der Waals surface area contributed by atoms with Gasteiger partial charge in [0.15, 0.2) is 11.5 Å². The highest BCUT2D eigenvalue weighted by Gasteiger charge is 2.12. The second-order valence-corrected chi connectivity index (χ2v) is 5.20. The van der Waals surface area contributed by atoms with Gasteiger partial charge in [-0.2, -0.15) is 0 Å². The number of rotatable bonds is 10. The molecule has 1 aromatic carbocycles. The number of fused-ring (bicyclic) bond motifs is 1. The Morgan fingerprint density at radius 3 is 2.50 bits per heavy atom. The third kappa shape index (κ3) is 5.84. The number of ether oxygens (including phenoxy) is 4. The molecule has 7 heteroatoms. The molecule has 0 fully saturated rings. The lowest BCUT2D eigenvalue weighted by Crippen LogP contribution is -2.17. The van der Waals surface area contributed by atoms with Crippen LogP contribution in [0.1, 0.15) is 12.0 Å². The number of carbonyl (C=O) groups excluding carboxylic acids is 1. The maximum absolute atomic E-state index is 11.6. The van der Waals surface area contributed by atoms with Crippen molar-refractivity contribution in [3.63, 3.8) is 0 Å². The molecule has 4 N–H and O–H groups in total. The van der Waals surface area contributed by atoms with Crippen molar-refractivity contribution < 1.29 is 23.7 Å². The summed E-state index contributed by atoms with van der Waals surface area (Å²) in [4.78, 5) is 11.6. The molecule has 0 saturated carbocycles. The molecule has 1 heterocycles. The number of primary amides is 1. The molecule has 0 aromatic heterocycles. The number of nitrogens with two attached hydrogens (primary N) is 2. The van der Waals surface area contributed by atoms with Crippen LogP contribution in [0, 0.1) is 0 Å². The van der Waals surface area contributed by atoms with E-state index in [4.69, 9.17) is 30.4 Å². The number of carbonyl (C=O) groups is 1. The molecular formula is C17H24N2O5. The van der Waals surface area contributed by atoms with Gasteiger partial charge in [0, 0.05) is 18.5 Å². The highest BCUT2D eigenvalue weighted by atomic mass is 16.6.